The number of rotatable bonds is 4. The molecule has 1 heterocycles. The SMILES string of the molecule is NS(=O)(=O)c1cnn(Cc2cc(F)ccc2[N+](=O)[O-])c1. The fourth-order valence-corrected chi connectivity index (χ4v) is 2.07. The molecule has 2 N–H and O–H groups in total. The van der Waals surface area contributed by atoms with Gasteiger partial charge in [-0.3, -0.25) is 14.8 Å². The van der Waals surface area contributed by atoms with E-state index in [1.165, 1.54) is 0 Å². The molecule has 0 bridgehead atoms. The fourth-order valence-electron chi connectivity index (χ4n) is 1.61. The average Bonchev–Trinajstić information content (AvgIpc) is 2.76. The van der Waals surface area contributed by atoms with Crippen molar-refractivity contribution in [1.29, 1.82) is 0 Å². The molecular weight excluding hydrogens is 291 g/mol. The number of aromatic nitrogens is 2. The van der Waals surface area contributed by atoms with E-state index in [0.717, 1.165) is 35.3 Å². The summed E-state index contributed by atoms with van der Waals surface area (Å²) in [7, 11) is -3.90. The molecule has 2 aromatic rings. The molecule has 10 heteroatoms. The molecule has 0 spiro atoms. The minimum Gasteiger partial charge on any atom is -0.267 e. The van der Waals surface area contributed by atoms with Crippen molar-refractivity contribution in [3.8, 4) is 0 Å². The number of sulfonamides is 1. The summed E-state index contributed by atoms with van der Waals surface area (Å²) < 4.78 is 36.4. The van der Waals surface area contributed by atoms with Crippen LogP contribution in [0.3, 0.4) is 0 Å². The third kappa shape index (κ3) is 2.97. The van der Waals surface area contributed by atoms with Gasteiger partial charge < -0.3 is 0 Å². The van der Waals surface area contributed by atoms with Gasteiger partial charge in [0, 0.05) is 12.3 Å². The van der Waals surface area contributed by atoms with Gasteiger partial charge in [0.2, 0.25) is 10.0 Å². The number of halogens is 1. The van der Waals surface area contributed by atoms with E-state index in [2.05, 4.69) is 5.10 Å². The summed E-state index contributed by atoms with van der Waals surface area (Å²) in [5, 5.41) is 19.5. The summed E-state index contributed by atoms with van der Waals surface area (Å²) in [5.74, 6) is -0.635. The van der Waals surface area contributed by atoms with E-state index in [0.29, 0.717) is 0 Å². The molecule has 20 heavy (non-hydrogen) atoms. The lowest BCUT2D eigenvalue weighted by Gasteiger charge is -2.03. The van der Waals surface area contributed by atoms with Gasteiger partial charge in [-0.2, -0.15) is 5.10 Å². The lowest BCUT2D eigenvalue weighted by molar-refractivity contribution is -0.385. The Morgan fingerprint density at radius 3 is 2.70 bits per heavy atom. The first-order chi connectivity index (χ1) is 9.27. The van der Waals surface area contributed by atoms with E-state index >= 15 is 0 Å². The van der Waals surface area contributed by atoms with Crippen LogP contribution >= 0.6 is 0 Å². The van der Waals surface area contributed by atoms with Crippen molar-refractivity contribution in [3.63, 3.8) is 0 Å². The van der Waals surface area contributed by atoms with Crippen LogP contribution in [0.1, 0.15) is 5.56 Å². The number of benzene rings is 1. The predicted octanol–water partition coefficient (Wildman–Crippen LogP) is 0.626. The normalized spacial score (nSPS) is 11.5. The Balaban J connectivity index is 2.37. The second kappa shape index (κ2) is 4.98. The van der Waals surface area contributed by atoms with Gasteiger partial charge >= 0.3 is 0 Å². The van der Waals surface area contributed by atoms with Crippen LogP contribution in [0.2, 0.25) is 0 Å². The summed E-state index contributed by atoms with van der Waals surface area (Å²) in [6, 6.07) is 3.01. The highest BCUT2D eigenvalue weighted by atomic mass is 32.2. The van der Waals surface area contributed by atoms with Crippen molar-refractivity contribution in [1.82, 2.24) is 9.78 Å². The molecule has 0 unspecified atom stereocenters. The van der Waals surface area contributed by atoms with Gasteiger partial charge in [-0.1, -0.05) is 0 Å². The number of nitro benzene ring substituents is 1. The van der Waals surface area contributed by atoms with Crippen molar-refractivity contribution in [2.75, 3.05) is 0 Å². The largest absolute Gasteiger partial charge is 0.274 e. The highest BCUT2D eigenvalue weighted by molar-refractivity contribution is 7.89. The molecule has 0 radical (unpaired) electrons. The van der Waals surface area contributed by atoms with E-state index in [1.807, 2.05) is 0 Å². The number of hydrogen-bond acceptors (Lipinski definition) is 5. The Morgan fingerprint density at radius 2 is 2.15 bits per heavy atom. The van der Waals surface area contributed by atoms with Gasteiger partial charge in [0.25, 0.3) is 5.69 Å². The monoisotopic (exact) mass is 300 g/mol. The molecule has 0 aliphatic carbocycles. The zero-order chi connectivity index (χ0) is 14.9. The zero-order valence-electron chi connectivity index (χ0n) is 9.93. The Labute approximate surface area is 112 Å². The van der Waals surface area contributed by atoms with Crippen molar-refractivity contribution in [3.05, 3.63) is 52.1 Å². The van der Waals surface area contributed by atoms with Gasteiger partial charge in [0.1, 0.15) is 10.7 Å². The topological polar surface area (TPSA) is 121 Å². The van der Waals surface area contributed by atoms with Crippen LogP contribution in [-0.2, 0) is 16.6 Å². The van der Waals surface area contributed by atoms with Crippen LogP contribution in [0.25, 0.3) is 0 Å². The molecule has 1 aromatic carbocycles. The second-order valence-corrected chi connectivity index (χ2v) is 5.51. The molecule has 0 aliphatic rings. The summed E-state index contributed by atoms with van der Waals surface area (Å²) in [5.41, 5.74) is -0.210. The summed E-state index contributed by atoms with van der Waals surface area (Å²) in [6.07, 6.45) is 2.13. The lowest BCUT2D eigenvalue weighted by atomic mass is 10.2. The van der Waals surface area contributed by atoms with E-state index in [4.69, 9.17) is 5.14 Å². The molecule has 0 saturated carbocycles. The zero-order valence-corrected chi connectivity index (χ0v) is 10.7. The van der Waals surface area contributed by atoms with E-state index in [9.17, 15) is 22.9 Å². The fraction of sp³-hybridized carbons (Fsp3) is 0.100. The smallest absolute Gasteiger partial charge is 0.267 e. The maximum Gasteiger partial charge on any atom is 0.274 e. The van der Waals surface area contributed by atoms with Gasteiger partial charge in [-0.15, -0.1) is 0 Å². The van der Waals surface area contributed by atoms with Crippen LogP contribution in [0.15, 0.2) is 35.5 Å². The lowest BCUT2D eigenvalue weighted by Crippen LogP contribution is -2.11. The standard InChI is InChI=1S/C10H9FN4O4S/c11-8-1-2-10(15(16)17)7(3-8)5-14-6-9(4-13-14)20(12,18)19/h1-4,6H,5H2,(H2,12,18,19). The third-order valence-electron chi connectivity index (χ3n) is 2.51. The summed E-state index contributed by atoms with van der Waals surface area (Å²) >= 11 is 0. The van der Waals surface area contributed by atoms with Crippen LogP contribution in [-0.4, -0.2) is 23.1 Å². The highest BCUT2D eigenvalue weighted by Crippen LogP contribution is 2.20. The maximum absolute atomic E-state index is 13.1. The molecule has 0 atom stereocenters. The van der Waals surface area contributed by atoms with Crippen LogP contribution in [0, 0.1) is 15.9 Å². The van der Waals surface area contributed by atoms with Gasteiger partial charge in [0.05, 0.1) is 23.2 Å². The molecule has 2 rings (SSSR count). The van der Waals surface area contributed by atoms with E-state index in [-0.39, 0.29) is 22.7 Å². The highest BCUT2D eigenvalue weighted by Gasteiger charge is 2.16. The van der Waals surface area contributed by atoms with Crippen LogP contribution in [0.5, 0.6) is 0 Å². The Hall–Kier alpha value is -2.33. The van der Waals surface area contributed by atoms with Gasteiger partial charge in [0.15, 0.2) is 0 Å². The quantitative estimate of drug-likeness (QED) is 0.655. The molecule has 0 fully saturated rings. The molecule has 106 valence electrons. The Bertz CT molecular complexity index is 771. The number of nitrogens with two attached hydrogens (primary N) is 1. The Kier molecular flexibility index (Phi) is 3.51. The number of primary sulfonamides is 1. The first-order valence-electron chi connectivity index (χ1n) is 5.25. The van der Waals surface area contributed by atoms with Crippen LogP contribution < -0.4 is 5.14 Å². The van der Waals surface area contributed by atoms with Crippen LogP contribution in [0.4, 0.5) is 10.1 Å². The Morgan fingerprint density at radius 1 is 1.45 bits per heavy atom. The van der Waals surface area contributed by atoms with E-state index < -0.39 is 20.8 Å². The molecule has 0 saturated heterocycles. The molecule has 8 nitrogen and oxygen atoms in total. The van der Waals surface area contributed by atoms with Gasteiger partial charge in [-0.25, -0.2) is 17.9 Å². The molecule has 0 aliphatic heterocycles. The number of nitro groups is 1. The average molecular weight is 300 g/mol. The summed E-state index contributed by atoms with van der Waals surface area (Å²) in [4.78, 5) is 9.95. The predicted molar refractivity (Wildman–Crippen MR) is 65.8 cm³/mol. The van der Waals surface area contributed by atoms with E-state index in [1.54, 1.807) is 0 Å². The number of nitrogens with zero attached hydrogens (tertiary/aromatic N) is 3. The minimum absolute atomic E-state index is 0.0686. The maximum atomic E-state index is 13.1. The van der Waals surface area contributed by atoms with Crippen molar-refractivity contribution in [2.45, 2.75) is 11.4 Å². The second-order valence-electron chi connectivity index (χ2n) is 3.95. The molecule has 1 aromatic heterocycles. The first-order valence-corrected chi connectivity index (χ1v) is 6.80. The minimum atomic E-state index is -3.90. The van der Waals surface area contributed by atoms with Crippen molar-refractivity contribution in [2.24, 2.45) is 5.14 Å². The van der Waals surface area contributed by atoms with Crippen molar-refractivity contribution < 1.29 is 17.7 Å². The van der Waals surface area contributed by atoms with Crippen molar-refractivity contribution >= 4 is 15.7 Å². The number of hydrogen-bond donors (Lipinski definition) is 1. The summed E-state index contributed by atoms with van der Waals surface area (Å²) in [6.45, 7) is -0.149. The first kappa shape index (κ1) is 14.1. The third-order valence-corrected chi connectivity index (χ3v) is 3.38. The molecular formula is C10H9FN4O4S. The molecule has 0 amide bonds. The van der Waals surface area contributed by atoms with Gasteiger partial charge in [-0.05, 0) is 12.1 Å².